The van der Waals surface area contributed by atoms with Crippen LogP contribution in [0.15, 0.2) is 6.07 Å². The maximum atomic E-state index is 5.87. The van der Waals surface area contributed by atoms with Crippen LogP contribution in [-0.4, -0.2) is 15.4 Å². The number of fused-ring (bicyclic) bond motifs is 1. The summed E-state index contributed by atoms with van der Waals surface area (Å²) < 4.78 is 0. The summed E-state index contributed by atoms with van der Waals surface area (Å²) in [5.41, 5.74) is 0. The zero-order valence-electron chi connectivity index (χ0n) is 7.28. The molecule has 0 aliphatic rings. The number of nitrogens with zero attached hydrogens (tertiary/aromatic N) is 3. The first kappa shape index (κ1) is 8.84. The summed E-state index contributed by atoms with van der Waals surface area (Å²) in [4.78, 5) is 2.13. The standard InChI is InChI=1S/C8H8ClN3S/c1-4(2)6-3-5-7(9)10-12-11-8(5)13-6/h3-4H,1-2H3. The summed E-state index contributed by atoms with van der Waals surface area (Å²) >= 11 is 7.49. The van der Waals surface area contributed by atoms with Gasteiger partial charge in [0.25, 0.3) is 0 Å². The molecule has 2 heterocycles. The predicted molar refractivity (Wildman–Crippen MR) is 54.3 cm³/mol. The largest absolute Gasteiger partial charge is 0.163 e. The average molecular weight is 214 g/mol. The number of rotatable bonds is 1. The molecule has 0 N–H and O–H groups in total. The molecule has 0 saturated heterocycles. The van der Waals surface area contributed by atoms with E-state index in [0.29, 0.717) is 11.1 Å². The zero-order chi connectivity index (χ0) is 9.42. The summed E-state index contributed by atoms with van der Waals surface area (Å²) in [5.74, 6) is 0.496. The highest BCUT2D eigenvalue weighted by molar-refractivity contribution is 7.18. The van der Waals surface area contributed by atoms with Crippen LogP contribution in [0.25, 0.3) is 10.2 Å². The number of aromatic nitrogens is 3. The van der Waals surface area contributed by atoms with Crippen LogP contribution in [0.2, 0.25) is 5.15 Å². The van der Waals surface area contributed by atoms with Crippen molar-refractivity contribution in [2.45, 2.75) is 19.8 Å². The van der Waals surface area contributed by atoms with Gasteiger partial charge in [0.1, 0.15) is 0 Å². The van der Waals surface area contributed by atoms with Gasteiger partial charge in [-0.1, -0.05) is 25.4 Å². The topological polar surface area (TPSA) is 38.7 Å². The van der Waals surface area contributed by atoms with Crippen LogP contribution in [-0.2, 0) is 0 Å². The normalized spacial score (nSPS) is 11.4. The fraction of sp³-hybridized carbons (Fsp3) is 0.375. The van der Waals surface area contributed by atoms with Crippen LogP contribution >= 0.6 is 22.9 Å². The van der Waals surface area contributed by atoms with Gasteiger partial charge in [-0.2, -0.15) is 0 Å². The van der Waals surface area contributed by atoms with E-state index < -0.39 is 0 Å². The van der Waals surface area contributed by atoms with E-state index in [1.807, 2.05) is 6.07 Å². The Hall–Kier alpha value is -0.740. The maximum Gasteiger partial charge on any atom is 0.163 e. The molecule has 5 heteroatoms. The highest BCUT2D eigenvalue weighted by Crippen LogP contribution is 2.31. The molecule has 0 spiro atoms. The third kappa shape index (κ3) is 1.51. The number of thiophene rings is 1. The smallest absolute Gasteiger partial charge is 0.119 e. The lowest BCUT2D eigenvalue weighted by molar-refractivity contribution is 0.890. The van der Waals surface area contributed by atoms with E-state index in [9.17, 15) is 0 Å². The van der Waals surface area contributed by atoms with Crippen LogP contribution in [0.5, 0.6) is 0 Å². The number of halogens is 1. The summed E-state index contributed by atoms with van der Waals surface area (Å²) in [5, 5.41) is 12.5. The molecular formula is C8H8ClN3S. The van der Waals surface area contributed by atoms with Gasteiger partial charge in [-0.25, -0.2) is 0 Å². The molecule has 0 bridgehead atoms. The van der Waals surface area contributed by atoms with Crippen molar-refractivity contribution in [3.8, 4) is 0 Å². The van der Waals surface area contributed by atoms with Gasteiger partial charge in [-0.3, -0.25) is 0 Å². The third-order valence-electron chi connectivity index (χ3n) is 1.79. The fourth-order valence-electron chi connectivity index (χ4n) is 1.06. The highest BCUT2D eigenvalue weighted by Gasteiger charge is 2.09. The molecule has 0 aliphatic carbocycles. The molecule has 0 radical (unpaired) electrons. The van der Waals surface area contributed by atoms with Crippen molar-refractivity contribution >= 4 is 33.2 Å². The van der Waals surface area contributed by atoms with E-state index in [4.69, 9.17) is 11.6 Å². The van der Waals surface area contributed by atoms with Crippen molar-refractivity contribution < 1.29 is 0 Å². The van der Waals surface area contributed by atoms with Crippen molar-refractivity contribution in [3.63, 3.8) is 0 Å². The lowest BCUT2D eigenvalue weighted by Gasteiger charge is -1.95. The van der Waals surface area contributed by atoms with Gasteiger partial charge in [-0.05, 0) is 17.2 Å². The summed E-state index contributed by atoms with van der Waals surface area (Å²) in [6, 6.07) is 2.04. The van der Waals surface area contributed by atoms with Crippen molar-refractivity contribution in [2.24, 2.45) is 0 Å². The minimum atomic E-state index is 0.438. The average Bonchev–Trinajstić information content (AvgIpc) is 2.49. The maximum absolute atomic E-state index is 5.87. The molecule has 0 fully saturated rings. The van der Waals surface area contributed by atoms with Crippen molar-refractivity contribution in [1.29, 1.82) is 0 Å². The first-order chi connectivity index (χ1) is 6.18. The molecule has 0 amide bonds. The SMILES string of the molecule is CC(C)c1cc2c(Cl)nnnc2s1. The molecule has 3 nitrogen and oxygen atoms in total. The first-order valence-electron chi connectivity index (χ1n) is 3.97. The van der Waals surface area contributed by atoms with Gasteiger partial charge in [0, 0.05) is 4.88 Å². The molecule has 0 aliphatic heterocycles. The van der Waals surface area contributed by atoms with E-state index in [0.717, 1.165) is 10.2 Å². The monoisotopic (exact) mass is 213 g/mol. The van der Waals surface area contributed by atoms with E-state index in [-0.39, 0.29) is 0 Å². The molecule has 0 saturated carbocycles. The van der Waals surface area contributed by atoms with E-state index >= 15 is 0 Å². The minimum Gasteiger partial charge on any atom is -0.119 e. The lowest BCUT2D eigenvalue weighted by Crippen LogP contribution is -1.84. The molecule has 0 atom stereocenters. The molecule has 0 aromatic carbocycles. The van der Waals surface area contributed by atoms with Crippen molar-refractivity contribution in [3.05, 3.63) is 16.1 Å². The van der Waals surface area contributed by atoms with Gasteiger partial charge in [0.15, 0.2) is 9.98 Å². The van der Waals surface area contributed by atoms with E-state index in [2.05, 4.69) is 29.3 Å². The molecule has 68 valence electrons. The Morgan fingerprint density at radius 3 is 2.77 bits per heavy atom. The van der Waals surface area contributed by atoms with Crippen molar-refractivity contribution in [1.82, 2.24) is 15.4 Å². The van der Waals surface area contributed by atoms with Crippen LogP contribution in [0.3, 0.4) is 0 Å². The molecule has 2 rings (SSSR count). The van der Waals surface area contributed by atoms with Gasteiger partial charge >= 0.3 is 0 Å². The van der Waals surface area contributed by atoms with Crippen LogP contribution in [0.4, 0.5) is 0 Å². The molecular weight excluding hydrogens is 206 g/mol. The number of hydrogen-bond acceptors (Lipinski definition) is 4. The Bertz CT molecular complexity index is 438. The Labute approximate surface area is 84.7 Å². The quantitative estimate of drug-likeness (QED) is 0.731. The lowest BCUT2D eigenvalue weighted by atomic mass is 10.2. The van der Waals surface area contributed by atoms with Crippen LogP contribution in [0.1, 0.15) is 24.6 Å². The third-order valence-corrected chi connectivity index (χ3v) is 3.39. The second-order valence-corrected chi connectivity index (χ2v) is 4.52. The van der Waals surface area contributed by atoms with Gasteiger partial charge in [0.2, 0.25) is 0 Å². The first-order valence-corrected chi connectivity index (χ1v) is 5.16. The van der Waals surface area contributed by atoms with Gasteiger partial charge in [-0.15, -0.1) is 21.5 Å². The Balaban J connectivity index is 2.68. The zero-order valence-corrected chi connectivity index (χ0v) is 8.85. The van der Waals surface area contributed by atoms with Crippen molar-refractivity contribution in [2.75, 3.05) is 0 Å². The second kappa shape index (κ2) is 3.20. The second-order valence-electron chi connectivity index (χ2n) is 3.10. The Kier molecular flexibility index (Phi) is 2.17. The molecule has 0 unspecified atom stereocenters. The summed E-state index contributed by atoms with van der Waals surface area (Å²) in [6.45, 7) is 4.28. The number of hydrogen-bond donors (Lipinski definition) is 0. The summed E-state index contributed by atoms with van der Waals surface area (Å²) in [7, 11) is 0. The minimum absolute atomic E-state index is 0.438. The molecule has 13 heavy (non-hydrogen) atoms. The van der Waals surface area contributed by atoms with E-state index in [1.54, 1.807) is 11.3 Å². The molecule has 2 aromatic heterocycles. The fourth-order valence-corrected chi connectivity index (χ4v) is 2.28. The van der Waals surface area contributed by atoms with Gasteiger partial charge in [0.05, 0.1) is 5.39 Å². The molecule has 2 aromatic rings. The highest BCUT2D eigenvalue weighted by atomic mass is 35.5. The van der Waals surface area contributed by atoms with E-state index in [1.165, 1.54) is 4.88 Å². The Morgan fingerprint density at radius 1 is 1.38 bits per heavy atom. The van der Waals surface area contributed by atoms with Crippen LogP contribution < -0.4 is 0 Å². The summed E-state index contributed by atoms with van der Waals surface area (Å²) in [6.07, 6.45) is 0. The predicted octanol–water partition coefficient (Wildman–Crippen LogP) is 2.86. The van der Waals surface area contributed by atoms with Gasteiger partial charge < -0.3 is 0 Å². The Morgan fingerprint density at radius 2 is 2.15 bits per heavy atom. The van der Waals surface area contributed by atoms with Crippen LogP contribution in [0, 0.1) is 0 Å².